The molecule has 1 rings (SSSR count). The zero-order valence-corrected chi connectivity index (χ0v) is 6.57. The van der Waals surface area contributed by atoms with Crippen molar-refractivity contribution in [2.24, 2.45) is 16.6 Å². The van der Waals surface area contributed by atoms with E-state index in [0.717, 1.165) is 0 Å². The summed E-state index contributed by atoms with van der Waals surface area (Å²) in [6.07, 6.45) is 2.82. The fourth-order valence-electron chi connectivity index (χ4n) is 1.05. The molecule has 0 saturated carbocycles. The molecule has 62 valence electrons. The third-order valence-electron chi connectivity index (χ3n) is 1.61. The van der Waals surface area contributed by atoms with E-state index in [9.17, 15) is 9.59 Å². The molecule has 0 aromatic rings. The van der Waals surface area contributed by atoms with E-state index in [1.807, 2.05) is 0 Å². The monoisotopic (exact) mass is 164 g/mol. The number of carbonyl (C=O) groups is 1. The number of amidine groups is 1. The Morgan fingerprint density at radius 2 is 2.42 bits per heavy atom. The van der Waals surface area contributed by atoms with Gasteiger partial charge < -0.3 is 5.73 Å². The van der Waals surface area contributed by atoms with Crippen LogP contribution in [0.15, 0.2) is 22.8 Å². The highest BCUT2D eigenvalue weighted by atomic mass is 16.1. The van der Waals surface area contributed by atoms with Crippen LogP contribution in [-0.4, -0.2) is 17.6 Å². The first-order chi connectivity index (χ1) is 5.66. The Bertz CT molecular complexity index is 322. The first-order valence-corrected chi connectivity index (χ1v) is 3.42. The van der Waals surface area contributed by atoms with Crippen LogP contribution < -0.4 is 5.73 Å². The number of nitrogens with two attached hydrogens (primary N) is 1. The number of nitrogens with zero attached hydrogens (tertiary/aromatic N) is 1. The predicted octanol–water partition coefficient (Wildman–Crippen LogP) is -0.166. The fourth-order valence-corrected chi connectivity index (χ4v) is 1.05. The lowest BCUT2D eigenvalue weighted by Crippen LogP contribution is -2.31. The Labute approximate surface area is 69.5 Å². The molecule has 0 aromatic carbocycles. The van der Waals surface area contributed by atoms with Gasteiger partial charge in [-0.25, -0.2) is 9.79 Å². The molecule has 0 radical (unpaired) electrons. The highest BCUT2D eigenvalue weighted by Crippen LogP contribution is 2.15. The van der Waals surface area contributed by atoms with Gasteiger partial charge in [0, 0.05) is 6.20 Å². The SMILES string of the molecule is CC(=O)C1C(=C=O)C=CN=C1N. The average Bonchev–Trinajstić information content (AvgIpc) is 2.03. The maximum Gasteiger partial charge on any atom is 0.145 e. The summed E-state index contributed by atoms with van der Waals surface area (Å²) in [5, 5.41) is 0. The molecule has 1 aliphatic heterocycles. The van der Waals surface area contributed by atoms with Crippen LogP contribution in [0.2, 0.25) is 0 Å². The lowest BCUT2D eigenvalue weighted by Gasteiger charge is -2.13. The topological polar surface area (TPSA) is 72.5 Å². The van der Waals surface area contributed by atoms with Gasteiger partial charge in [0.2, 0.25) is 0 Å². The van der Waals surface area contributed by atoms with E-state index in [4.69, 9.17) is 5.73 Å². The summed E-state index contributed by atoms with van der Waals surface area (Å²) in [5.41, 5.74) is 5.67. The van der Waals surface area contributed by atoms with E-state index >= 15 is 0 Å². The van der Waals surface area contributed by atoms with Crippen LogP contribution >= 0.6 is 0 Å². The second-order valence-electron chi connectivity index (χ2n) is 2.47. The summed E-state index contributed by atoms with van der Waals surface area (Å²) in [5.74, 6) is 0.923. The Hall–Kier alpha value is -1.67. The van der Waals surface area contributed by atoms with Gasteiger partial charge in [0.05, 0.1) is 5.57 Å². The van der Waals surface area contributed by atoms with E-state index in [1.54, 1.807) is 5.94 Å². The summed E-state index contributed by atoms with van der Waals surface area (Å²) in [4.78, 5) is 25.1. The van der Waals surface area contributed by atoms with Gasteiger partial charge in [0.1, 0.15) is 23.5 Å². The summed E-state index contributed by atoms with van der Waals surface area (Å²) >= 11 is 0. The van der Waals surface area contributed by atoms with Crippen molar-refractivity contribution < 1.29 is 9.59 Å². The summed E-state index contributed by atoms with van der Waals surface area (Å²) in [7, 11) is 0. The largest absolute Gasteiger partial charge is 0.386 e. The Kier molecular flexibility index (Phi) is 2.21. The third-order valence-corrected chi connectivity index (χ3v) is 1.61. The lowest BCUT2D eigenvalue weighted by atomic mass is 9.94. The van der Waals surface area contributed by atoms with Crippen molar-refractivity contribution >= 4 is 17.6 Å². The van der Waals surface area contributed by atoms with Crippen LogP contribution in [0.1, 0.15) is 6.92 Å². The minimum absolute atomic E-state index is 0.156. The van der Waals surface area contributed by atoms with E-state index in [2.05, 4.69) is 4.99 Å². The third kappa shape index (κ3) is 1.33. The van der Waals surface area contributed by atoms with E-state index in [0.29, 0.717) is 0 Å². The molecule has 1 unspecified atom stereocenters. The van der Waals surface area contributed by atoms with Crippen LogP contribution in [0.5, 0.6) is 0 Å². The summed E-state index contributed by atoms with van der Waals surface area (Å²) < 4.78 is 0. The molecule has 0 aliphatic carbocycles. The van der Waals surface area contributed by atoms with Crippen molar-refractivity contribution in [2.45, 2.75) is 6.92 Å². The smallest absolute Gasteiger partial charge is 0.145 e. The molecule has 1 aliphatic rings. The summed E-state index contributed by atoms with van der Waals surface area (Å²) in [6.45, 7) is 1.36. The number of hydrogen-bond acceptors (Lipinski definition) is 4. The molecule has 4 heteroatoms. The van der Waals surface area contributed by atoms with Crippen LogP contribution in [0.4, 0.5) is 0 Å². The van der Waals surface area contributed by atoms with Gasteiger partial charge in [-0.3, -0.25) is 4.79 Å². The highest BCUT2D eigenvalue weighted by molar-refractivity contribution is 6.08. The average molecular weight is 164 g/mol. The van der Waals surface area contributed by atoms with E-state index in [1.165, 1.54) is 19.2 Å². The number of Topliss-reactive ketones (excluding diaryl/α,β-unsaturated/α-hetero) is 1. The maximum absolute atomic E-state index is 11.0. The van der Waals surface area contributed by atoms with Crippen LogP contribution in [0.25, 0.3) is 0 Å². The predicted molar refractivity (Wildman–Crippen MR) is 44.1 cm³/mol. The van der Waals surface area contributed by atoms with Crippen molar-refractivity contribution in [3.63, 3.8) is 0 Å². The van der Waals surface area contributed by atoms with Crippen molar-refractivity contribution in [1.29, 1.82) is 0 Å². The number of carbonyl (C=O) groups excluding carboxylic acids is 2. The second kappa shape index (κ2) is 3.15. The van der Waals surface area contributed by atoms with Crippen molar-refractivity contribution in [3.8, 4) is 0 Å². The van der Waals surface area contributed by atoms with Gasteiger partial charge in [-0.2, -0.15) is 0 Å². The zero-order valence-electron chi connectivity index (χ0n) is 6.57. The fraction of sp³-hybridized carbons (Fsp3) is 0.250. The number of allylic oxidation sites excluding steroid dienone is 1. The number of rotatable bonds is 1. The van der Waals surface area contributed by atoms with Gasteiger partial charge in [0.25, 0.3) is 0 Å². The normalized spacial score (nSPS) is 21.6. The Balaban J connectivity index is 3.11. The van der Waals surface area contributed by atoms with Crippen LogP contribution in [0, 0.1) is 5.92 Å². The molecular weight excluding hydrogens is 156 g/mol. The van der Waals surface area contributed by atoms with Crippen molar-refractivity contribution in [1.82, 2.24) is 0 Å². The molecule has 1 heterocycles. The zero-order chi connectivity index (χ0) is 9.14. The Morgan fingerprint density at radius 3 is 2.83 bits per heavy atom. The molecule has 0 spiro atoms. The number of hydrogen-bond donors (Lipinski definition) is 1. The Morgan fingerprint density at radius 1 is 1.75 bits per heavy atom. The highest BCUT2D eigenvalue weighted by Gasteiger charge is 2.24. The van der Waals surface area contributed by atoms with Crippen molar-refractivity contribution in [2.75, 3.05) is 0 Å². The molecule has 0 bridgehead atoms. The van der Waals surface area contributed by atoms with Gasteiger partial charge >= 0.3 is 0 Å². The minimum atomic E-state index is -0.701. The second-order valence-corrected chi connectivity index (χ2v) is 2.47. The van der Waals surface area contributed by atoms with Gasteiger partial charge in [-0.05, 0) is 13.0 Å². The molecule has 0 aromatic heterocycles. The molecule has 2 N–H and O–H groups in total. The molecular formula is C8H8N2O2. The van der Waals surface area contributed by atoms with E-state index < -0.39 is 5.92 Å². The van der Waals surface area contributed by atoms with Gasteiger partial charge in [-0.1, -0.05) is 0 Å². The molecule has 12 heavy (non-hydrogen) atoms. The quantitative estimate of drug-likeness (QED) is 0.547. The standard InChI is InChI=1S/C8H8N2O2/c1-5(12)7-6(4-11)2-3-10-8(7)9/h2-3,7H,1H3,(H2,9,10). The van der Waals surface area contributed by atoms with Gasteiger partial charge in [0.15, 0.2) is 0 Å². The molecule has 4 nitrogen and oxygen atoms in total. The van der Waals surface area contributed by atoms with Gasteiger partial charge in [-0.15, -0.1) is 0 Å². The summed E-state index contributed by atoms with van der Waals surface area (Å²) in [6, 6.07) is 0. The molecule has 0 amide bonds. The molecule has 1 atom stereocenters. The lowest BCUT2D eigenvalue weighted by molar-refractivity contribution is -0.117. The maximum atomic E-state index is 11.0. The van der Waals surface area contributed by atoms with E-state index in [-0.39, 0.29) is 17.2 Å². The molecule has 0 saturated heterocycles. The number of aliphatic imine (C=N–C) groups is 1. The minimum Gasteiger partial charge on any atom is -0.386 e. The molecule has 0 fully saturated rings. The van der Waals surface area contributed by atoms with Crippen LogP contribution in [-0.2, 0) is 9.59 Å². The van der Waals surface area contributed by atoms with Crippen molar-refractivity contribution in [3.05, 3.63) is 17.8 Å². The number of ketones is 1. The first-order valence-electron chi connectivity index (χ1n) is 3.42. The van der Waals surface area contributed by atoms with Crippen LogP contribution in [0.3, 0.4) is 0 Å². The first kappa shape index (κ1) is 8.43.